The summed E-state index contributed by atoms with van der Waals surface area (Å²) in [4.78, 5) is 11.3. The van der Waals surface area contributed by atoms with Crippen LogP contribution in [-0.2, 0) is 4.74 Å². The molecule has 0 aromatic carbocycles. The van der Waals surface area contributed by atoms with Gasteiger partial charge in [0.25, 0.3) is 0 Å². The van der Waals surface area contributed by atoms with Crippen LogP contribution in [0, 0.1) is 10.8 Å². The maximum atomic E-state index is 11.3. The van der Waals surface area contributed by atoms with Gasteiger partial charge in [0.1, 0.15) is 11.1 Å². The summed E-state index contributed by atoms with van der Waals surface area (Å²) in [7, 11) is 1.19. The Bertz CT molecular complexity index is 482. The third-order valence-electron chi connectivity index (χ3n) is 1.71. The molecular weight excluding hydrogens is 241 g/mol. The first-order valence-electron chi connectivity index (χ1n) is 3.76. The molecule has 1 aromatic rings. The van der Waals surface area contributed by atoms with E-state index in [1.54, 1.807) is 0 Å². The Morgan fingerprint density at radius 3 is 2.67 bits per heavy atom. The van der Waals surface area contributed by atoms with Crippen molar-refractivity contribution in [1.29, 1.82) is 10.8 Å². The number of esters is 1. The highest BCUT2D eigenvalue weighted by Gasteiger charge is 2.18. The molecule has 0 atom stereocenters. The van der Waals surface area contributed by atoms with Crippen LogP contribution in [0.2, 0.25) is 10.0 Å². The Balaban J connectivity index is 3.56. The zero-order chi connectivity index (χ0) is 11.6. The quantitative estimate of drug-likeness (QED) is 0.472. The minimum Gasteiger partial charge on any atom is -0.465 e. The predicted octanol–water partition coefficient (Wildman–Crippen LogP) is 1.52. The zero-order valence-electron chi connectivity index (χ0n) is 7.67. The number of ether oxygens (including phenoxy) is 1. The molecule has 0 aliphatic heterocycles. The van der Waals surface area contributed by atoms with E-state index in [9.17, 15) is 4.79 Å². The Labute approximate surface area is 95.2 Å². The summed E-state index contributed by atoms with van der Waals surface area (Å²) in [6, 6.07) is 0. The number of pyridine rings is 1. The highest BCUT2D eigenvalue weighted by Crippen LogP contribution is 2.21. The van der Waals surface area contributed by atoms with Gasteiger partial charge in [0, 0.05) is 6.20 Å². The third-order valence-corrected chi connectivity index (χ3v) is 2.36. The fourth-order valence-corrected chi connectivity index (χ4v) is 1.58. The topological polar surface area (TPSA) is 78.9 Å². The number of nitrogens with one attached hydrogen (secondary N) is 2. The molecule has 0 amide bonds. The highest BCUT2D eigenvalue weighted by atomic mass is 35.5. The van der Waals surface area contributed by atoms with Crippen LogP contribution >= 0.6 is 23.2 Å². The summed E-state index contributed by atoms with van der Waals surface area (Å²) in [5.74, 6) is -0.712. The van der Waals surface area contributed by atoms with Crippen LogP contribution in [0.25, 0.3) is 0 Å². The van der Waals surface area contributed by atoms with Crippen molar-refractivity contribution in [3.8, 4) is 0 Å². The van der Waals surface area contributed by atoms with Crippen LogP contribution in [0.5, 0.6) is 0 Å². The third kappa shape index (κ3) is 2.03. The molecule has 0 saturated carbocycles. The van der Waals surface area contributed by atoms with Crippen LogP contribution < -0.4 is 5.49 Å². The first kappa shape index (κ1) is 11.7. The molecule has 0 spiro atoms. The second-order valence-electron chi connectivity index (χ2n) is 2.54. The van der Waals surface area contributed by atoms with Gasteiger partial charge in [-0.3, -0.25) is 15.4 Å². The molecule has 0 aliphatic rings. The lowest BCUT2D eigenvalue weighted by atomic mass is 10.2. The van der Waals surface area contributed by atoms with Gasteiger partial charge in [0.2, 0.25) is 0 Å². The van der Waals surface area contributed by atoms with Crippen LogP contribution in [0.3, 0.4) is 0 Å². The average molecular weight is 248 g/mol. The number of aromatic nitrogens is 1. The molecule has 80 valence electrons. The van der Waals surface area contributed by atoms with Gasteiger partial charge in [0.05, 0.1) is 23.5 Å². The zero-order valence-corrected chi connectivity index (χ0v) is 9.19. The van der Waals surface area contributed by atoms with E-state index in [4.69, 9.17) is 34.0 Å². The van der Waals surface area contributed by atoms with Crippen LogP contribution in [0.4, 0.5) is 0 Å². The summed E-state index contributed by atoms with van der Waals surface area (Å²) in [5.41, 5.74) is -0.264. The number of halogens is 2. The number of carbonyl (C=O) groups excluding carboxylic acids is 1. The maximum Gasteiger partial charge on any atom is 0.341 e. The van der Waals surface area contributed by atoms with Crippen LogP contribution in [0.1, 0.15) is 10.4 Å². The van der Waals surface area contributed by atoms with E-state index in [1.165, 1.54) is 13.3 Å². The first-order valence-corrected chi connectivity index (χ1v) is 4.52. The highest BCUT2D eigenvalue weighted by molar-refractivity contribution is 6.39. The number of rotatable bonds is 2. The average Bonchev–Trinajstić information content (AvgIpc) is 2.23. The predicted molar refractivity (Wildman–Crippen MR) is 55.8 cm³/mol. The van der Waals surface area contributed by atoms with Crippen molar-refractivity contribution in [1.82, 2.24) is 4.57 Å². The van der Waals surface area contributed by atoms with Crippen LogP contribution in [-0.4, -0.2) is 24.0 Å². The molecule has 5 nitrogen and oxygen atoms in total. The van der Waals surface area contributed by atoms with Gasteiger partial charge in [-0.05, 0) is 0 Å². The summed E-state index contributed by atoms with van der Waals surface area (Å²) in [6.07, 6.45) is 2.11. The summed E-state index contributed by atoms with van der Waals surface area (Å²) in [5, 5.41) is 14.4. The van der Waals surface area contributed by atoms with Gasteiger partial charge in [0.15, 0.2) is 0 Å². The molecule has 0 unspecified atom stereocenters. The van der Waals surface area contributed by atoms with Crippen molar-refractivity contribution in [2.75, 3.05) is 7.11 Å². The fourth-order valence-electron chi connectivity index (χ4n) is 0.979. The smallest absolute Gasteiger partial charge is 0.341 e. The van der Waals surface area contributed by atoms with Gasteiger partial charge in [-0.2, -0.15) is 0 Å². The Morgan fingerprint density at radius 1 is 1.60 bits per heavy atom. The number of hydrogen-bond donors (Lipinski definition) is 2. The minimum absolute atomic E-state index is 0.0337. The van der Waals surface area contributed by atoms with Gasteiger partial charge < -0.3 is 4.74 Å². The first-order chi connectivity index (χ1) is 7.02. The lowest BCUT2D eigenvalue weighted by molar-refractivity contribution is 0.0600. The number of nitrogens with zero attached hydrogens (tertiary/aromatic N) is 1. The minimum atomic E-state index is -0.712. The van der Waals surface area contributed by atoms with E-state index in [1.807, 2.05) is 0 Å². The summed E-state index contributed by atoms with van der Waals surface area (Å²) in [6.45, 7) is 0. The number of hydrogen-bond acceptors (Lipinski definition) is 4. The lowest BCUT2D eigenvalue weighted by Gasteiger charge is -2.07. The van der Waals surface area contributed by atoms with Gasteiger partial charge >= 0.3 is 5.97 Å². The Morgan fingerprint density at radius 2 is 2.20 bits per heavy atom. The monoisotopic (exact) mass is 247 g/mol. The van der Waals surface area contributed by atoms with Crippen molar-refractivity contribution in [2.45, 2.75) is 0 Å². The molecular formula is C8H7Cl2N3O2. The van der Waals surface area contributed by atoms with E-state index in [0.717, 1.165) is 10.9 Å². The summed E-state index contributed by atoms with van der Waals surface area (Å²) < 4.78 is 5.55. The second kappa shape index (κ2) is 4.46. The molecule has 0 radical (unpaired) electrons. The SMILES string of the molecule is COC(=O)c1c(Cl)cn(C=N)c(=N)c1Cl. The molecule has 0 bridgehead atoms. The number of methoxy groups -OCH3 is 1. The molecule has 1 aromatic heterocycles. The molecule has 0 fully saturated rings. The molecule has 2 N–H and O–H groups in total. The molecule has 7 heteroatoms. The van der Waals surface area contributed by atoms with Gasteiger partial charge in [-0.25, -0.2) is 4.79 Å². The molecule has 0 aliphatic carbocycles. The van der Waals surface area contributed by atoms with Gasteiger partial charge in [-0.1, -0.05) is 23.2 Å². The van der Waals surface area contributed by atoms with Crippen molar-refractivity contribution < 1.29 is 9.53 Å². The van der Waals surface area contributed by atoms with Crippen molar-refractivity contribution in [3.05, 3.63) is 27.3 Å². The largest absolute Gasteiger partial charge is 0.465 e. The van der Waals surface area contributed by atoms with Crippen molar-refractivity contribution in [2.24, 2.45) is 0 Å². The van der Waals surface area contributed by atoms with Crippen molar-refractivity contribution >= 4 is 35.5 Å². The summed E-state index contributed by atoms with van der Waals surface area (Å²) >= 11 is 11.5. The van der Waals surface area contributed by atoms with E-state index >= 15 is 0 Å². The maximum absolute atomic E-state index is 11.3. The number of carbonyl (C=O) groups is 1. The molecule has 1 heterocycles. The molecule has 15 heavy (non-hydrogen) atoms. The van der Waals surface area contributed by atoms with Gasteiger partial charge in [-0.15, -0.1) is 0 Å². The van der Waals surface area contributed by atoms with Crippen molar-refractivity contribution in [3.63, 3.8) is 0 Å². The standard InChI is InChI=1S/C8H7Cl2N3O2/c1-15-8(14)5-4(9)2-13(3-11)7(12)6(5)10/h2-3,11-12H,1H3. The molecule has 1 rings (SSSR count). The van der Waals surface area contributed by atoms with Crippen LogP contribution in [0.15, 0.2) is 6.20 Å². The lowest BCUT2D eigenvalue weighted by Crippen LogP contribution is -2.23. The second-order valence-corrected chi connectivity index (χ2v) is 3.33. The fraction of sp³-hybridized carbons (Fsp3) is 0.125. The molecule has 0 saturated heterocycles. The van der Waals surface area contributed by atoms with E-state index in [0.29, 0.717) is 0 Å². The van der Waals surface area contributed by atoms with E-state index in [2.05, 4.69) is 4.74 Å². The Hall–Kier alpha value is -1.33. The van der Waals surface area contributed by atoms with E-state index in [-0.39, 0.29) is 21.1 Å². The normalized spacial score (nSPS) is 9.80. The Kier molecular flexibility index (Phi) is 3.49. The van der Waals surface area contributed by atoms with E-state index < -0.39 is 5.97 Å².